The summed E-state index contributed by atoms with van der Waals surface area (Å²) in [5.74, 6) is 0.871. The van der Waals surface area contributed by atoms with Gasteiger partial charge in [-0.15, -0.1) is 0 Å². The first-order chi connectivity index (χ1) is 9.70. The van der Waals surface area contributed by atoms with E-state index >= 15 is 0 Å². The molecule has 108 valence electrons. The molecule has 0 aliphatic carbocycles. The molecule has 0 amide bonds. The van der Waals surface area contributed by atoms with Gasteiger partial charge in [-0.1, -0.05) is 36.4 Å². The lowest BCUT2D eigenvalue weighted by Gasteiger charge is -2.29. The topological polar surface area (TPSA) is 44.5 Å². The van der Waals surface area contributed by atoms with Crippen LogP contribution in [0.15, 0.2) is 48.3 Å². The normalized spacial score (nSPS) is 25.1. The molecule has 1 saturated heterocycles. The lowest BCUT2D eigenvalue weighted by molar-refractivity contribution is -0.0865. The van der Waals surface area contributed by atoms with E-state index in [0.29, 0.717) is 13.2 Å². The van der Waals surface area contributed by atoms with Gasteiger partial charge in [0.2, 0.25) is 0 Å². The minimum atomic E-state index is -0.0274. The fraction of sp³-hybridized carbons (Fsp3) is 0.412. The zero-order chi connectivity index (χ0) is 14.4. The minimum Gasteiger partial charge on any atom is -0.492 e. The van der Waals surface area contributed by atoms with E-state index in [4.69, 9.17) is 15.2 Å². The first kappa shape index (κ1) is 14.8. The number of hydrogen-bond acceptors (Lipinski definition) is 3. The molecule has 1 aromatic rings. The summed E-state index contributed by atoms with van der Waals surface area (Å²) in [7, 11) is 0. The third kappa shape index (κ3) is 3.95. The van der Waals surface area contributed by atoms with Crippen LogP contribution in [0, 0.1) is 6.92 Å². The van der Waals surface area contributed by atoms with Gasteiger partial charge in [-0.25, -0.2) is 0 Å². The summed E-state index contributed by atoms with van der Waals surface area (Å²) in [5.41, 5.74) is 8.24. The number of benzene rings is 1. The highest BCUT2D eigenvalue weighted by Crippen LogP contribution is 2.17. The van der Waals surface area contributed by atoms with Gasteiger partial charge in [-0.3, -0.25) is 0 Å². The van der Waals surface area contributed by atoms with Crippen molar-refractivity contribution in [2.75, 3.05) is 13.2 Å². The lowest BCUT2D eigenvalue weighted by Crippen LogP contribution is -2.37. The second-order valence-corrected chi connectivity index (χ2v) is 5.07. The summed E-state index contributed by atoms with van der Waals surface area (Å²) in [4.78, 5) is 0. The molecule has 1 heterocycles. The highest BCUT2D eigenvalue weighted by molar-refractivity contribution is 5.28. The number of hydrogen-bond donors (Lipinski definition) is 1. The molecule has 20 heavy (non-hydrogen) atoms. The fourth-order valence-corrected chi connectivity index (χ4v) is 2.21. The Hall–Kier alpha value is -1.58. The molecule has 3 nitrogen and oxygen atoms in total. The Bertz CT molecular complexity index is 494. The molecule has 1 aliphatic rings. The van der Waals surface area contributed by atoms with Crippen molar-refractivity contribution in [1.82, 2.24) is 0 Å². The Morgan fingerprint density at radius 2 is 2.15 bits per heavy atom. The first-order valence-electron chi connectivity index (χ1n) is 7.10. The standard InChI is InChI=1S/C17H23NO2/c1-13-7-3-4-8-15(13)9-5-6-10-17-14(2)20-16(11-18)12-19-17/h3-8,10,14,16H,9,11-12,18H2,1-2H3/b6-5-,17-10+. The Balaban J connectivity index is 1.89. The van der Waals surface area contributed by atoms with Gasteiger partial charge in [0.15, 0.2) is 0 Å². The Morgan fingerprint density at radius 3 is 2.85 bits per heavy atom. The van der Waals surface area contributed by atoms with E-state index in [-0.39, 0.29) is 12.2 Å². The molecule has 2 atom stereocenters. The molecule has 1 aliphatic heterocycles. The molecule has 0 saturated carbocycles. The van der Waals surface area contributed by atoms with Gasteiger partial charge in [-0.2, -0.15) is 0 Å². The van der Waals surface area contributed by atoms with Crippen LogP contribution in [-0.2, 0) is 15.9 Å². The molecule has 2 N–H and O–H groups in total. The molecule has 1 fully saturated rings. The summed E-state index contributed by atoms with van der Waals surface area (Å²) in [6, 6.07) is 8.42. The van der Waals surface area contributed by atoms with Crippen LogP contribution in [0.5, 0.6) is 0 Å². The first-order valence-corrected chi connectivity index (χ1v) is 7.10. The third-order valence-electron chi connectivity index (χ3n) is 3.49. The van der Waals surface area contributed by atoms with Crippen molar-refractivity contribution in [2.24, 2.45) is 5.73 Å². The summed E-state index contributed by atoms with van der Waals surface area (Å²) in [6.45, 7) is 5.16. The zero-order valence-corrected chi connectivity index (χ0v) is 12.2. The fourth-order valence-electron chi connectivity index (χ4n) is 2.21. The summed E-state index contributed by atoms with van der Waals surface area (Å²) >= 11 is 0. The maximum absolute atomic E-state index is 5.73. The van der Waals surface area contributed by atoms with Crippen molar-refractivity contribution in [3.8, 4) is 0 Å². The number of nitrogens with two attached hydrogens (primary N) is 1. The number of ether oxygens (including phenoxy) is 2. The molecular formula is C17H23NO2. The van der Waals surface area contributed by atoms with Gasteiger partial charge in [0, 0.05) is 6.54 Å². The average Bonchev–Trinajstić information content (AvgIpc) is 2.46. The maximum atomic E-state index is 5.73. The van der Waals surface area contributed by atoms with E-state index in [9.17, 15) is 0 Å². The van der Waals surface area contributed by atoms with E-state index < -0.39 is 0 Å². The van der Waals surface area contributed by atoms with Crippen LogP contribution < -0.4 is 5.73 Å². The van der Waals surface area contributed by atoms with Gasteiger partial charge in [0.05, 0.1) is 0 Å². The van der Waals surface area contributed by atoms with Crippen LogP contribution in [0.25, 0.3) is 0 Å². The second-order valence-electron chi connectivity index (χ2n) is 5.07. The van der Waals surface area contributed by atoms with Crippen molar-refractivity contribution in [3.05, 3.63) is 59.4 Å². The predicted octanol–water partition coefficient (Wildman–Crippen LogP) is 2.74. The lowest BCUT2D eigenvalue weighted by atomic mass is 10.1. The third-order valence-corrected chi connectivity index (χ3v) is 3.49. The number of allylic oxidation sites excluding steroid dienone is 3. The Morgan fingerprint density at radius 1 is 1.35 bits per heavy atom. The number of rotatable bonds is 4. The van der Waals surface area contributed by atoms with Crippen molar-refractivity contribution in [2.45, 2.75) is 32.5 Å². The van der Waals surface area contributed by atoms with Crippen molar-refractivity contribution in [3.63, 3.8) is 0 Å². The molecule has 0 aromatic heterocycles. The SMILES string of the molecule is Cc1ccccc1C/C=C\C=C1\OCC(CN)OC1C. The molecule has 1 aromatic carbocycles. The van der Waals surface area contributed by atoms with Gasteiger partial charge >= 0.3 is 0 Å². The molecular weight excluding hydrogens is 250 g/mol. The Labute approximate surface area is 121 Å². The van der Waals surface area contributed by atoms with Crippen molar-refractivity contribution in [1.29, 1.82) is 0 Å². The molecule has 3 heteroatoms. The molecule has 2 unspecified atom stereocenters. The van der Waals surface area contributed by atoms with Crippen molar-refractivity contribution < 1.29 is 9.47 Å². The van der Waals surface area contributed by atoms with Crippen LogP contribution in [-0.4, -0.2) is 25.4 Å². The molecule has 0 radical (unpaired) electrons. The van der Waals surface area contributed by atoms with Crippen LogP contribution in [0.2, 0.25) is 0 Å². The predicted molar refractivity (Wildman–Crippen MR) is 81.4 cm³/mol. The summed E-state index contributed by atoms with van der Waals surface area (Å²) in [6.07, 6.45) is 7.07. The highest BCUT2D eigenvalue weighted by Gasteiger charge is 2.22. The molecule has 0 bridgehead atoms. The molecule has 2 rings (SSSR count). The summed E-state index contributed by atoms with van der Waals surface area (Å²) in [5, 5.41) is 0. The zero-order valence-electron chi connectivity index (χ0n) is 12.2. The van der Waals surface area contributed by atoms with E-state index in [1.807, 2.05) is 19.1 Å². The average molecular weight is 273 g/mol. The van der Waals surface area contributed by atoms with E-state index in [0.717, 1.165) is 12.2 Å². The van der Waals surface area contributed by atoms with Crippen LogP contribution >= 0.6 is 0 Å². The van der Waals surface area contributed by atoms with Crippen LogP contribution in [0.1, 0.15) is 18.1 Å². The van der Waals surface area contributed by atoms with E-state index in [2.05, 4.69) is 37.3 Å². The van der Waals surface area contributed by atoms with Crippen LogP contribution in [0.4, 0.5) is 0 Å². The largest absolute Gasteiger partial charge is 0.492 e. The molecule has 0 spiro atoms. The van der Waals surface area contributed by atoms with Crippen molar-refractivity contribution >= 4 is 0 Å². The maximum Gasteiger partial charge on any atom is 0.125 e. The summed E-state index contributed by atoms with van der Waals surface area (Å²) < 4.78 is 11.4. The van der Waals surface area contributed by atoms with E-state index in [1.165, 1.54) is 11.1 Å². The van der Waals surface area contributed by atoms with Gasteiger partial charge in [0.25, 0.3) is 0 Å². The van der Waals surface area contributed by atoms with Gasteiger partial charge in [-0.05, 0) is 37.5 Å². The minimum absolute atomic E-state index is 0.0121. The number of aryl methyl sites for hydroxylation is 1. The quantitative estimate of drug-likeness (QED) is 0.917. The van der Waals surface area contributed by atoms with Gasteiger partial charge < -0.3 is 15.2 Å². The van der Waals surface area contributed by atoms with E-state index in [1.54, 1.807) is 0 Å². The highest BCUT2D eigenvalue weighted by atomic mass is 16.6. The second kappa shape index (κ2) is 7.27. The monoisotopic (exact) mass is 273 g/mol. The van der Waals surface area contributed by atoms with Crippen LogP contribution in [0.3, 0.4) is 0 Å². The van der Waals surface area contributed by atoms with Gasteiger partial charge in [0.1, 0.15) is 24.6 Å². The smallest absolute Gasteiger partial charge is 0.125 e. The Kier molecular flexibility index (Phi) is 5.39.